The first kappa shape index (κ1) is 21.4. The quantitative estimate of drug-likeness (QED) is 0.528. The molecule has 164 valence electrons. The molecule has 3 aromatic rings. The van der Waals surface area contributed by atoms with Gasteiger partial charge in [0.2, 0.25) is 17.6 Å². The second-order valence-electron chi connectivity index (χ2n) is 7.39. The van der Waals surface area contributed by atoms with Crippen molar-refractivity contribution < 1.29 is 14.1 Å². The van der Waals surface area contributed by atoms with Crippen LogP contribution in [0.25, 0.3) is 23.1 Å². The molecule has 1 amide bonds. The van der Waals surface area contributed by atoms with Crippen LogP contribution in [0.15, 0.2) is 33.9 Å². The smallest absolute Gasteiger partial charge is 0.296 e. The monoisotopic (exact) mass is 442 g/mol. The minimum atomic E-state index is 0.0312. The average molecular weight is 443 g/mol. The number of carbonyl (C=O) groups excluding carboxylic acids is 1. The van der Waals surface area contributed by atoms with E-state index in [0.29, 0.717) is 41.0 Å². The van der Waals surface area contributed by atoms with E-state index in [4.69, 9.17) is 9.26 Å². The molecule has 1 aromatic carbocycles. The minimum absolute atomic E-state index is 0.0312. The van der Waals surface area contributed by atoms with Gasteiger partial charge in [-0.2, -0.15) is 4.98 Å². The summed E-state index contributed by atoms with van der Waals surface area (Å²) in [6.45, 7) is 2.61. The standard InChI is InChI=1S/C21H26N6O3S/c1-3-27-19(20-23-18(26-30-20)14-9-11-16(29-2)12-10-14)24-25-21(27)31-13-17(28)22-15-7-5-4-6-8-15/h9-12,15H,3-8,13H2,1-2H3,(H,22,28). The van der Waals surface area contributed by atoms with Gasteiger partial charge < -0.3 is 14.6 Å². The number of thioether (sulfide) groups is 1. The van der Waals surface area contributed by atoms with Crippen molar-refractivity contribution in [3.63, 3.8) is 0 Å². The third-order valence-electron chi connectivity index (χ3n) is 5.30. The number of nitrogens with one attached hydrogen (secondary N) is 1. The van der Waals surface area contributed by atoms with Crippen molar-refractivity contribution in [2.75, 3.05) is 12.9 Å². The van der Waals surface area contributed by atoms with E-state index in [-0.39, 0.29) is 5.91 Å². The molecule has 31 heavy (non-hydrogen) atoms. The molecule has 2 aromatic heterocycles. The topological polar surface area (TPSA) is 108 Å². The van der Waals surface area contributed by atoms with Crippen LogP contribution in [0.1, 0.15) is 39.0 Å². The maximum atomic E-state index is 12.3. The Kier molecular flexibility index (Phi) is 6.86. The van der Waals surface area contributed by atoms with Crippen molar-refractivity contribution >= 4 is 17.7 Å². The summed E-state index contributed by atoms with van der Waals surface area (Å²) in [4.78, 5) is 16.8. The number of hydrogen-bond donors (Lipinski definition) is 1. The van der Waals surface area contributed by atoms with E-state index in [2.05, 4.69) is 25.7 Å². The summed E-state index contributed by atoms with van der Waals surface area (Å²) in [6.07, 6.45) is 5.78. The summed E-state index contributed by atoms with van der Waals surface area (Å²) in [5, 5.41) is 16.3. The van der Waals surface area contributed by atoms with Crippen LogP contribution in [-0.2, 0) is 11.3 Å². The van der Waals surface area contributed by atoms with Crippen molar-refractivity contribution in [1.29, 1.82) is 0 Å². The van der Waals surface area contributed by atoms with E-state index in [1.807, 2.05) is 35.8 Å². The van der Waals surface area contributed by atoms with Crippen molar-refractivity contribution in [2.24, 2.45) is 0 Å². The second-order valence-corrected chi connectivity index (χ2v) is 8.34. The molecule has 1 saturated carbocycles. The van der Waals surface area contributed by atoms with Crippen LogP contribution >= 0.6 is 11.8 Å². The van der Waals surface area contributed by atoms with Gasteiger partial charge in [-0.1, -0.05) is 36.2 Å². The number of ether oxygens (including phenoxy) is 1. The molecule has 0 spiro atoms. The van der Waals surface area contributed by atoms with Gasteiger partial charge in [-0.15, -0.1) is 10.2 Å². The van der Waals surface area contributed by atoms with Gasteiger partial charge in [0.05, 0.1) is 12.9 Å². The molecule has 0 unspecified atom stereocenters. The fraction of sp³-hybridized carbons (Fsp3) is 0.476. The Hall–Kier alpha value is -2.88. The van der Waals surface area contributed by atoms with Gasteiger partial charge in [-0.05, 0) is 44.0 Å². The third-order valence-corrected chi connectivity index (χ3v) is 6.27. The summed E-state index contributed by atoms with van der Waals surface area (Å²) < 4.78 is 12.5. The van der Waals surface area contributed by atoms with Crippen LogP contribution < -0.4 is 10.1 Å². The van der Waals surface area contributed by atoms with Crippen LogP contribution in [0.5, 0.6) is 5.75 Å². The maximum absolute atomic E-state index is 12.3. The van der Waals surface area contributed by atoms with E-state index in [0.717, 1.165) is 24.2 Å². The number of benzene rings is 1. The zero-order valence-electron chi connectivity index (χ0n) is 17.7. The predicted molar refractivity (Wildman–Crippen MR) is 117 cm³/mol. The molecule has 0 radical (unpaired) electrons. The lowest BCUT2D eigenvalue weighted by atomic mass is 9.95. The number of hydrogen-bond acceptors (Lipinski definition) is 8. The molecule has 0 bridgehead atoms. The van der Waals surface area contributed by atoms with E-state index >= 15 is 0 Å². The Morgan fingerprint density at radius 1 is 1.23 bits per heavy atom. The van der Waals surface area contributed by atoms with Gasteiger partial charge in [0.15, 0.2) is 5.16 Å². The normalized spacial score (nSPS) is 14.5. The van der Waals surface area contributed by atoms with Crippen LogP contribution in [0.4, 0.5) is 0 Å². The van der Waals surface area contributed by atoms with Crippen molar-refractivity contribution in [3.05, 3.63) is 24.3 Å². The first-order chi connectivity index (χ1) is 15.2. The first-order valence-electron chi connectivity index (χ1n) is 10.5. The van der Waals surface area contributed by atoms with E-state index < -0.39 is 0 Å². The number of nitrogens with zero attached hydrogens (tertiary/aromatic N) is 5. The Balaban J connectivity index is 1.43. The molecule has 0 saturated heterocycles. The van der Waals surface area contributed by atoms with Crippen molar-refractivity contribution in [2.45, 2.75) is 56.8 Å². The summed E-state index contributed by atoms with van der Waals surface area (Å²) in [7, 11) is 1.62. The molecular weight excluding hydrogens is 416 g/mol. The highest BCUT2D eigenvalue weighted by Gasteiger charge is 2.21. The fourth-order valence-corrected chi connectivity index (χ4v) is 4.47. The van der Waals surface area contributed by atoms with E-state index in [1.54, 1.807) is 7.11 Å². The molecule has 4 rings (SSSR count). The molecule has 1 aliphatic rings. The number of carbonyl (C=O) groups is 1. The van der Waals surface area contributed by atoms with Crippen LogP contribution in [0.3, 0.4) is 0 Å². The molecular formula is C21H26N6O3S. The SMILES string of the molecule is CCn1c(SCC(=O)NC2CCCCC2)nnc1-c1nc(-c2ccc(OC)cc2)no1. The van der Waals surface area contributed by atoms with Gasteiger partial charge in [0, 0.05) is 18.2 Å². The van der Waals surface area contributed by atoms with Gasteiger partial charge in [-0.3, -0.25) is 9.36 Å². The number of amides is 1. The van der Waals surface area contributed by atoms with Gasteiger partial charge in [0.1, 0.15) is 5.75 Å². The number of rotatable bonds is 8. The molecule has 0 atom stereocenters. The van der Waals surface area contributed by atoms with Gasteiger partial charge in [0.25, 0.3) is 5.89 Å². The molecule has 1 aliphatic carbocycles. The summed E-state index contributed by atoms with van der Waals surface area (Å²) in [5.74, 6) is 2.33. The summed E-state index contributed by atoms with van der Waals surface area (Å²) >= 11 is 1.36. The highest BCUT2D eigenvalue weighted by Crippen LogP contribution is 2.26. The highest BCUT2D eigenvalue weighted by atomic mass is 32.2. The number of aromatic nitrogens is 5. The zero-order valence-corrected chi connectivity index (χ0v) is 18.5. The van der Waals surface area contributed by atoms with Crippen molar-refractivity contribution in [3.8, 4) is 28.9 Å². The second kappa shape index (κ2) is 9.95. The van der Waals surface area contributed by atoms with Crippen LogP contribution in [0, 0.1) is 0 Å². The summed E-state index contributed by atoms with van der Waals surface area (Å²) in [5.41, 5.74) is 0.812. The lowest BCUT2D eigenvalue weighted by Gasteiger charge is -2.22. The van der Waals surface area contributed by atoms with Gasteiger partial charge >= 0.3 is 0 Å². The zero-order chi connectivity index (χ0) is 21.6. The first-order valence-corrected chi connectivity index (χ1v) is 11.5. The van der Waals surface area contributed by atoms with Gasteiger partial charge in [-0.25, -0.2) is 0 Å². The summed E-state index contributed by atoms with van der Waals surface area (Å²) in [6, 6.07) is 7.71. The largest absolute Gasteiger partial charge is 0.497 e. The Morgan fingerprint density at radius 3 is 2.71 bits per heavy atom. The maximum Gasteiger partial charge on any atom is 0.296 e. The molecule has 0 aliphatic heterocycles. The van der Waals surface area contributed by atoms with Crippen LogP contribution in [0.2, 0.25) is 0 Å². The predicted octanol–water partition coefficient (Wildman–Crippen LogP) is 3.56. The Morgan fingerprint density at radius 2 is 2.00 bits per heavy atom. The fourth-order valence-electron chi connectivity index (χ4n) is 3.66. The molecule has 10 heteroatoms. The van der Waals surface area contributed by atoms with Crippen molar-refractivity contribution in [1.82, 2.24) is 30.2 Å². The highest BCUT2D eigenvalue weighted by molar-refractivity contribution is 7.99. The molecule has 2 heterocycles. The van der Waals surface area contributed by atoms with Crippen LogP contribution in [-0.4, -0.2) is 49.7 Å². The molecule has 1 fully saturated rings. The lowest BCUT2D eigenvalue weighted by molar-refractivity contribution is -0.119. The third kappa shape index (κ3) is 5.07. The number of methoxy groups -OCH3 is 1. The van der Waals surface area contributed by atoms with E-state index in [1.165, 1.54) is 31.0 Å². The molecule has 1 N–H and O–H groups in total. The average Bonchev–Trinajstić information content (AvgIpc) is 3.45. The Bertz CT molecular complexity index is 1010. The molecule has 9 nitrogen and oxygen atoms in total. The van der Waals surface area contributed by atoms with E-state index in [9.17, 15) is 4.79 Å². The lowest BCUT2D eigenvalue weighted by Crippen LogP contribution is -2.37. The Labute approximate surface area is 185 Å². The minimum Gasteiger partial charge on any atom is -0.497 e.